The molecule has 0 aliphatic heterocycles. The van der Waals surface area contributed by atoms with Gasteiger partial charge in [-0.3, -0.25) is 10.1 Å². The molecule has 0 bridgehead atoms. The van der Waals surface area contributed by atoms with Crippen LogP contribution in [0.2, 0.25) is 5.02 Å². The normalized spacial score (nSPS) is 11.9. The van der Waals surface area contributed by atoms with E-state index in [1.54, 1.807) is 19.1 Å². The van der Waals surface area contributed by atoms with Gasteiger partial charge in [0, 0.05) is 10.6 Å². The van der Waals surface area contributed by atoms with Crippen LogP contribution < -0.4 is 10.1 Å². The Kier molecular flexibility index (Phi) is 5.23. The van der Waals surface area contributed by atoms with Crippen molar-refractivity contribution in [1.82, 2.24) is 10.2 Å². The second kappa shape index (κ2) is 7.96. The standard InChI is InChI=1S/C21H16ClN3O2S/c1-13(27-18-11-8-14-4-2-3-5-16(14)12-18)19(26)23-21-25-24-20(28-21)15-6-9-17(22)10-7-15/h2-13H,1H3,(H,23,25,26)/t13-/m0/s1. The molecular weight excluding hydrogens is 394 g/mol. The molecule has 140 valence electrons. The molecule has 1 amide bonds. The maximum atomic E-state index is 12.5. The third-order valence-corrected chi connectivity index (χ3v) is 5.29. The number of hydrogen-bond donors (Lipinski definition) is 1. The van der Waals surface area contributed by atoms with Gasteiger partial charge in [0.25, 0.3) is 5.91 Å². The fourth-order valence-corrected chi connectivity index (χ4v) is 3.57. The van der Waals surface area contributed by atoms with E-state index in [4.69, 9.17) is 16.3 Å². The lowest BCUT2D eigenvalue weighted by atomic mass is 10.1. The summed E-state index contributed by atoms with van der Waals surface area (Å²) in [6, 6.07) is 21.0. The summed E-state index contributed by atoms with van der Waals surface area (Å²) in [5.74, 6) is 0.354. The Hall–Kier alpha value is -2.96. The lowest BCUT2D eigenvalue weighted by molar-refractivity contribution is -0.122. The predicted octanol–water partition coefficient (Wildman–Crippen LogP) is 5.42. The quantitative estimate of drug-likeness (QED) is 0.478. The number of benzene rings is 3. The number of halogens is 1. The van der Waals surface area contributed by atoms with Gasteiger partial charge in [-0.25, -0.2) is 0 Å². The number of carbonyl (C=O) groups excluding carboxylic acids is 1. The molecule has 4 rings (SSSR count). The van der Waals surface area contributed by atoms with Crippen LogP contribution in [0.4, 0.5) is 5.13 Å². The van der Waals surface area contributed by atoms with Crippen molar-refractivity contribution < 1.29 is 9.53 Å². The maximum absolute atomic E-state index is 12.5. The van der Waals surface area contributed by atoms with Crippen LogP contribution in [0.25, 0.3) is 21.3 Å². The molecule has 0 fully saturated rings. The third kappa shape index (κ3) is 4.13. The largest absolute Gasteiger partial charge is 0.481 e. The lowest BCUT2D eigenvalue weighted by Crippen LogP contribution is -2.30. The molecule has 0 radical (unpaired) electrons. The monoisotopic (exact) mass is 409 g/mol. The molecule has 0 aliphatic rings. The van der Waals surface area contributed by atoms with E-state index in [1.165, 1.54) is 11.3 Å². The van der Waals surface area contributed by atoms with Crippen molar-refractivity contribution in [2.45, 2.75) is 13.0 Å². The molecule has 0 spiro atoms. The summed E-state index contributed by atoms with van der Waals surface area (Å²) in [6.07, 6.45) is -0.677. The number of carbonyl (C=O) groups is 1. The van der Waals surface area contributed by atoms with Crippen molar-refractivity contribution in [2.24, 2.45) is 0 Å². The minimum atomic E-state index is -0.677. The van der Waals surface area contributed by atoms with Crippen molar-refractivity contribution in [3.63, 3.8) is 0 Å². The fraction of sp³-hybridized carbons (Fsp3) is 0.0952. The molecule has 1 N–H and O–H groups in total. The van der Waals surface area contributed by atoms with Crippen LogP contribution in [0.15, 0.2) is 66.7 Å². The highest BCUT2D eigenvalue weighted by Gasteiger charge is 2.17. The van der Waals surface area contributed by atoms with Gasteiger partial charge in [0.05, 0.1) is 0 Å². The summed E-state index contributed by atoms with van der Waals surface area (Å²) in [7, 11) is 0. The number of ether oxygens (including phenoxy) is 1. The summed E-state index contributed by atoms with van der Waals surface area (Å²) in [5, 5.41) is 14.9. The van der Waals surface area contributed by atoms with E-state index in [1.807, 2.05) is 54.6 Å². The molecule has 3 aromatic carbocycles. The van der Waals surface area contributed by atoms with Crippen LogP contribution in [0, 0.1) is 0 Å². The number of nitrogens with one attached hydrogen (secondary N) is 1. The van der Waals surface area contributed by atoms with E-state index in [-0.39, 0.29) is 5.91 Å². The van der Waals surface area contributed by atoms with Crippen LogP contribution in [0.1, 0.15) is 6.92 Å². The molecule has 28 heavy (non-hydrogen) atoms. The molecule has 5 nitrogen and oxygen atoms in total. The van der Waals surface area contributed by atoms with E-state index in [0.29, 0.717) is 20.9 Å². The number of anilines is 1. The van der Waals surface area contributed by atoms with Crippen molar-refractivity contribution in [1.29, 1.82) is 0 Å². The zero-order valence-corrected chi connectivity index (χ0v) is 16.5. The first-order valence-corrected chi connectivity index (χ1v) is 9.84. The zero-order chi connectivity index (χ0) is 19.5. The molecule has 4 aromatic rings. The molecular formula is C21H16ClN3O2S. The van der Waals surface area contributed by atoms with Crippen molar-refractivity contribution in [3.8, 4) is 16.3 Å². The Labute approximate surface area is 170 Å². The molecule has 1 aromatic heterocycles. The van der Waals surface area contributed by atoms with Crippen molar-refractivity contribution in [2.75, 3.05) is 5.32 Å². The number of aromatic nitrogens is 2. The highest BCUT2D eigenvalue weighted by atomic mass is 35.5. The van der Waals surface area contributed by atoms with Gasteiger partial charge in [0.2, 0.25) is 5.13 Å². The minimum absolute atomic E-state index is 0.285. The lowest BCUT2D eigenvalue weighted by Gasteiger charge is -2.14. The van der Waals surface area contributed by atoms with Gasteiger partial charge in [-0.05, 0) is 42.0 Å². The second-order valence-electron chi connectivity index (χ2n) is 6.18. The molecule has 0 saturated carbocycles. The predicted molar refractivity (Wildman–Crippen MR) is 113 cm³/mol. The van der Waals surface area contributed by atoms with Gasteiger partial charge in [-0.15, -0.1) is 10.2 Å². The van der Waals surface area contributed by atoms with Crippen LogP contribution in [-0.2, 0) is 4.79 Å². The van der Waals surface area contributed by atoms with E-state index in [0.717, 1.165) is 16.3 Å². The van der Waals surface area contributed by atoms with Gasteiger partial charge in [-0.2, -0.15) is 0 Å². The summed E-state index contributed by atoms with van der Waals surface area (Å²) >= 11 is 7.20. The van der Waals surface area contributed by atoms with Gasteiger partial charge in [-0.1, -0.05) is 65.4 Å². The fourth-order valence-electron chi connectivity index (χ4n) is 2.69. The number of fused-ring (bicyclic) bond motifs is 1. The molecule has 0 aliphatic carbocycles. The van der Waals surface area contributed by atoms with Crippen LogP contribution in [-0.4, -0.2) is 22.2 Å². The summed E-state index contributed by atoms with van der Waals surface area (Å²) in [5.41, 5.74) is 0.892. The first kappa shape index (κ1) is 18.4. The first-order chi connectivity index (χ1) is 13.6. The molecule has 7 heteroatoms. The van der Waals surface area contributed by atoms with Gasteiger partial charge >= 0.3 is 0 Å². The van der Waals surface area contributed by atoms with E-state index >= 15 is 0 Å². The number of amides is 1. The summed E-state index contributed by atoms with van der Waals surface area (Å²) < 4.78 is 5.79. The maximum Gasteiger partial charge on any atom is 0.266 e. The molecule has 1 atom stereocenters. The Morgan fingerprint density at radius 1 is 1.04 bits per heavy atom. The van der Waals surface area contributed by atoms with E-state index in [9.17, 15) is 4.79 Å². The molecule has 1 heterocycles. The SMILES string of the molecule is C[C@H](Oc1ccc2ccccc2c1)C(=O)Nc1nnc(-c2ccc(Cl)cc2)s1. The average molecular weight is 410 g/mol. The van der Waals surface area contributed by atoms with Gasteiger partial charge in [0.15, 0.2) is 6.10 Å². The smallest absolute Gasteiger partial charge is 0.266 e. The third-order valence-electron chi connectivity index (χ3n) is 4.15. The van der Waals surface area contributed by atoms with Crippen LogP contribution in [0.5, 0.6) is 5.75 Å². The van der Waals surface area contributed by atoms with Crippen LogP contribution >= 0.6 is 22.9 Å². The van der Waals surface area contributed by atoms with Gasteiger partial charge < -0.3 is 4.74 Å². The summed E-state index contributed by atoms with van der Waals surface area (Å²) in [4.78, 5) is 12.5. The first-order valence-electron chi connectivity index (χ1n) is 8.64. The van der Waals surface area contributed by atoms with Crippen molar-refractivity contribution >= 4 is 44.7 Å². The van der Waals surface area contributed by atoms with Gasteiger partial charge in [0.1, 0.15) is 10.8 Å². The highest BCUT2D eigenvalue weighted by Crippen LogP contribution is 2.27. The zero-order valence-electron chi connectivity index (χ0n) is 14.9. The second-order valence-corrected chi connectivity index (χ2v) is 7.59. The molecule has 0 unspecified atom stereocenters. The topological polar surface area (TPSA) is 64.1 Å². The molecule has 0 saturated heterocycles. The Morgan fingerprint density at radius 3 is 2.57 bits per heavy atom. The number of nitrogens with zero attached hydrogens (tertiary/aromatic N) is 2. The van der Waals surface area contributed by atoms with E-state index < -0.39 is 6.10 Å². The average Bonchev–Trinajstić information content (AvgIpc) is 3.17. The van der Waals surface area contributed by atoms with E-state index in [2.05, 4.69) is 15.5 Å². The highest BCUT2D eigenvalue weighted by molar-refractivity contribution is 7.18. The Morgan fingerprint density at radius 2 is 1.79 bits per heavy atom. The van der Waals surface area contributed by atoms with Crippen molar-refractivity contribution in [3.05, 3.63) is 71.8 Å². The Balaban J connectivity index is 1.42. The number of rotatable bonds is 5. The minimum Gasteiger partial charge on any atom is -0.481 e. The number of hydrogen-bond acceptors (Lipinski definition) is 5. The van der Waals surface area contributed by atoms with Crippen LogP contribution in [0.3, 0.4) is 0 Å². The Bertz CT molecular complexity index is 1130. The summed E-state index contributed by atoms with van der Waals surface area (Å²) in [6.45, 7) is 1.70.